The Labute approximate surface area is 126 Å². The second-order valence-corrected chi connectivity index (χ2v) is 6.14. The largest absolute Gasteiger partial charge is 0.481 e. The first-order valence-corrected chi connectivity index (χ1v) is 7.94. The van der Waals surface area contributed by atoms with E-state index in [1.54, 1.807) is 0 Å². The van der Waals surface area contributed by atoms with E-state index in [0.717, 1.165) is 25.0 Å². The summed E-state index contributed by atoms with van der Waals surface area (Å²) >= 11 is 0. The van der Waals surface area contributed by atoms with Gasteiger partial charge in [-0.15, -0.1) is 0 Å². The van der Waals surface area contributed by atoms with Crippen molar-refractivity contribution in [3.05, 3.63) is 29.3 Å². The van der Waals surface area contributed by atoms with Crippen molar-refractivity contribution in [2.75, 3.05) is 7.05 Å². The zero-order valence-electron chi connectivity index (χ0n) is 12.8. The molecule has 1 aromatic rings. The first kappa shape index (κ1) is 14.4. The highest BCUT2D eigenvalue weighted by Gasteiger charge is 2.26. The fourth-order valence-corrected chi connectivity index (χ4v) is 2.97. The molecule has 0 spiro atoms. The van der Waals surface area contributed by atoms with Crippen LogP contribution in [0.4, 0.5) is 0 Å². The third kappa shape index (κ3) is 3.38. The summed E-state index contributed by atoms with van der Waals surface area (Å²) in [4.78, 5) is 11.9. The summed E-state index contributed by atoms with van der Waals surface area (Å²) in [6.45, 7) is 1.81. The summed E-state index contributed by atoms with van der Waals surface area (Å²) in [7, 11) is 2.01. The van der Waals surface area contributed by atoms with Crippen molar-refractivity contribution in [1.29, 1.82) is 0 Å². The second kappa shape index (κ2) is 6.06. The third-order valence-electron chi connectivity index (χ3n) is 4.38. The van der Waals surface area contributed by atoms with Crippen LogP contribution in [0.1, 0.15) is 49.8 Å². The van der Waals surface area contributed by atoms with E-state index in [1.807, 2.05) is 20.0 Å². The monoisotopic (exact) mass is 288 g/mol. The molecule has 0 bridgehead atoms. The highest BCUT2D eigenvalue weighted by atomic mass is 16.5. The number of aryl methyl sites for hydroxylation is 1. The van der Waals surface area contributed by atoms with Crippen LogP contribution in [0.2, 0.25) is 0 Å². The normalized spacial score (nSPS) is 22.3. The van der Waals surface area contributed by atoms with Gasteiger partial charge >= 0.3 is 0 Å². The Bertz CT molecular complexity index is 526. The summed E-state index contributed by atoms with van der Waals surface area (Å²) in [6, 6.07) is 7.04. The van der Waals surface area contributed by atoms with Crippen LogP contribution in [0.5, 0.6) is 5.75 Å². The molecule has 0 aliphatic heterocycles. The number of benzene rings is 1. The van der Waals surface area contributed by atoms with Gasteiger partial charge in [0.15, 0.2) is 6.10 Å². The highest BCUT2D eigenvalue weighted by molar-refractivity contribution is 5.81. The maximum absolute atomic E-state index is 11.9. The number of nitrogens with one attached hydrogen (secondary N) is 2. The average molecular weight is 288 g/mol. The number of hydrogen-bond donors (Lipinski definition) is 2. The number of rotatable bonds is 5. The van der Waals surface area contributed by atoms with Gasteiger partial charge < -0.3 is 15.4 Å². The lowest BCUT2D eigenvalue weighted by molar-refractivity contribution is -0.127. The first-order valence-electron chi connectivity index (χ1n) is 7.94. The summed E-state index contributed by atoms with van der Waals surface area (Å²) in [5.41, 5.74) is 2.71. The van der Waals surface area contributed by atoms with Gasteiger partial charge in [-0.3, -0.25) is 4.79 Å². The molecule has 2 unspecified atom stereocenters. The van der Waals surface area contributed by atoms with Crippen molar-refractivity contribution in [2.45, 2.75) is 57.2 Å². The van der Waals surface area contributed by atoms with E-state index in [1.165, 1.54) is 24.0 Å². The minimum atomic E-state index is -0.438. The fraction of sp³-hybridized carbons (Fsp3) is 0.588. The number of ether oxygens (including phenoxy) is 1. The van der Waals surface area contributed by atoms with Gasteiger partial charge in [0.25, 0.3) is 5.91 Å². The van der Waals surface area contributed by atoms with Crippen LogP contribution in [0.25, 0.3) is 0 Å². The smallest absolute Gasteiger partial charge is 0.260 e. The molecule has 114 valence electrons. The lowest BCUT2D eigenvalue weighted by Crippen LogP contribution is -2.37. The lowest BCUT2D eigenvalue weighted by Gasteiger charge is -2.26. The molecule has 4 heteroatoms. The molecule has 0 radical (unpaired) electrons. The van der Waals surface area contributed by atoms with Gasteiger partial charge in [-0.05, 0) is 69.3 Å². The summed E-state index contributed by atoms with van der Waals surface area (Å²) in [6.07, 6.45) is 5.23. The number of amides is 1. The van der Waals surface area contributed by atoms with E-state index < -0.39 is 6.10 Å². The third-order valence-corrected chi connectivity index (χ3v) is 4.38. The molecule has 1 saturated carbocycles. The minimum absolute atomic E-state index is 0.0108. The van der Waals surface area contributed by atoms with Gasteiger partial charge in [0.2, 0.25) is 0 Å². The molecule has 21 heavy (non-hydrogen) atoms. The zero-order chi connectivity index (χ0) is 14.8. The minimum Gasteiger partial charge on any atom is -0.481 e. The van der Waals surface area contributed by atoms with E-state index >= 15 is 0 Å². The van der Waals surface area contributed by atoms with Crippen LogP contribution >= 0.6 is 0 Å². The number of carbonyl (C=O) groups excluding carboxylic acids is 1. The molecule has 1 amide bonds. The quantitative estimate of drug-likeness (QED) is 0.874. The van der Waals surface area contributed by atoms with Crippen molar-refractivity contribution < 1.29 is 9.53 Å². The van der Waals surface area contributed by atoms with Crippen LogP contribution in [-0.4, -0.2) is 25.1 Å². The fourth-order valence-electron chi connectivity index (χ4n) is 2.97. The first-order chi connectivity index (χ1) is 10.2. The standard InChI is InChI=1S/C17H24N2O2/c1-11(17(20)19-13-6-7-13)21-14-8-9-15-12(10-14)4-3-5-16(15)18-2/h8-11,13,16,18H,3-7H2,1-2H3,(H,19,20). The lowest BCUT2D eigenvalue weighted by atomic mass is 9.87. The molecular weight excluding hydrogens is 264 g/mol. The predicted molar refractivity (Wildman–Crippen MR) is 82.4 cm³/mol. The van der Waals surface area contributed by atoms with Gasteiger partial charge in [-0.2, -0.15) is 0 Å². The van der Waals surface area contributed by atoms with E-state index in [4.69, 9.17) is 4.74 Å². The Balaban J connectivity index is 1.67. The van der Waals surface area contributed by atoms with Crippen molar-refractivity contribution in [3.8, 4) is 5.75 Å². The maximum atomic E-state index is 11.9. The maximum Gasteiger partial charge on any atom is 0.260 e. The molecular formula is C17H24N2O2. The molecule has 2 aliphatic carbocycles. The second-order valence-electron chi connectivity index (χ2n) is 6.14. The van der Waals surface area contributed by atoms with Crippen molar-refractivity contribution in [1.82, 2.24) is 10.6 Å². The average Bonchev–Trinajstić information content (AvgIpc) is 3.30. The number of carbonyl (C=O) groups is 1. The molecule has 3 rings (SSSR count). The summed E-state index contributed by atoms with van der Waals surface area (Å²) < 4.78 is 5.81. The predicted octanol–water partition coefficient (Wildman–Crippen LogP) is 2.33. The van der Waals surface area contributed by atoms with Crippen LogP contribution in [0.3, 0.4) is 0 Å². The van der Waals surface area contributed by atoms with Crippen molar-refractivity contribution >= 4 is 5.91 Å². The van der Waals surface area contributed by atoms with E-state index in [2.05, 4.69) is 22.8 Å². The number of hydrogen-bond acceptors (Lipinski definition) is 3. The van der Waals surface area contributed by atoms with Crippen LogP contribution in [0.15, 0.2) is 18.2 Å². The molecule has 0 heterocycles. The molecule has 1 aromatic carbocycles. The summed E-state index contributed by atoms with van der Waals surface area (Å²) in [5.74, 6) is 0.785. The molecule has 0 aromatic heterocycles. The van der Waals surface area contributed by atoms with Crippen molar-refractivity contribution in [3.63, 3.8) is 0 Å². The highest BCUT2D eigenvalue weighted by Crippen LogP contribution is 2.32. The molecule has 4 nitrogen and oxygen atoms in total. The van der Waals surface area contributed by atoms with E-state index in [-0.39, 0.29) is 5.91 Å². The van der Waals surface area contributed by atoms with E-state index in [9.17, 15) is 4.79 Å². The number of fused-ring (bicyclic) bond motifs is 1. The SMILES string of the molecule is CNC1CCCc2cc(OC(C)C(=O)NC3CC3)ccc21. The Kier molecular flexibility index (Phi) is 4.15. The zero-order valence-corrected chi connectivity index (χ0v) is 12.8. The van der Waals surface area contributed by atoms with Gasteiger partial charge in [0.05, 0.1) is 0 Å². The summed E-state index contributed by atoms with van der Waals surface area (Å²) in [5, 5.41) is 6.34. The molecule has 2 aliphatic rings. The Morgan fingerprint density at radius 1 is 1.33 bits per heavy atom. The van der Waals surface area contributed by atoms with E-state index in [0.29, 0.717) is 12.1 Å². The molecule has 2 atom stereocenters. The Morgan fingerprint density at radius 3 is 2.86 bits per heavy atom. The van der Waals surface area contributed by atoms with Gasteiger partial charge in [0.1, 0.15) is 5.75 Å². The van der Waals surface area contributed by atoms with Crippen molar-refractivity contribution in [2.24, 2.45) is 0 Å². The molecule has 1 fully saturated rings. The Hall–Kier alpha value is -1.55. The topological polar surface area (TPSA) is 50.4 Å². The van der Waals surface area contributed by atoms with Crippen LogP contribution < -0.4 is 15.4 Å². The van der Waals surface area contributed by atoms with Crippen LogP contribution in [0, 0.1) is 0 Å². The molecule has 0 saturated heterocycles. The Morgan fingerprint density at radius 2 is 2.14 bits per heavy atom. The molecule has 2 N–H and O–H groups in total. The van der Waals surface area contributed by atoms with Gasteiger partial charge in [-0.25, -0.2) is 0 Å². The van der Waals surface area contributed by atoms with Gasteiger partial charge in [-0.1, -0.05) is 6.07 Å². The van der Waals surface area contributed by atoms with Crippen LogP contribution in [-0.2, 0) is 11.2 Å². The van der Waals surface area contributed by atoms with Gasteiger partial charge in [0, 0.05) is 12.1 Å².